The van der Waals surface area contributed by atoms with Crippen LogP contribution in [-0.2, 0) is 9.59 Å². The molecule has 3 N–H and O–H groups in total. The number of carbonyl (C=O) groups is 3. The van der Waals surface area contributed by atoms with Crippen molar-refractivity contribution in [1.82, 2.24) is 4.90 Å². The molecule has 1 saturated heterocycles. The lowest BCUT2D eigenvalue weighted by molar-refractivity contribution is -0.119. The van der Waals surface area contributed by atoms with E-state index >= 15 is 0 Å². The van der Waals surface area contributed by atoms with Crippen molar-refractivity contribution >= 4 is 34.9 Å². The van der Waals surface area contributed by atoms with E-state index in [0.29, 0.717) is 30.0 Å². The molecule has 0 saturated carbocycles. The Labute approximate surface area is 161 Å². The van der Waals surface area contributed by atoms with Gasteiger partial charge in [0.2, 0.25) is 11.8 Å². The van der Waals surface area contributed by atoms with Crippen LogP contribution in [0.2, 0.25) is 0 Å². The Morgan fingerprint density at radius 3 is 2.04 bits per heavy atom. The normalized spacial score (nSPS) is 15.8. The second-order valence-electron chi connectivity index (χ2n) is 6.54. The number of nitrogens with one attached hydrogen (secondary N) is 3. The molecule has 4 amide bonds. The van der Waals surface area contributed by atoms with Gasteiger partial charge in [-0.25, -0.2) is 9.18 Å². The number of carbonyl (C=O) groups excluding carboxylic acids is 3. The van der Waals surface area contributed by atoms with Gasteiger partial charge in [0.15, 0.2) is 0 Å². The van der Waals surface area contributed by atoms with Gasteiger partial charge in [0.1, 0.15) is 11.9 Å². The van der Waals surface area contributed by atoms with Crippen molar-refractivity contribution in [2.24, 2.45) is 0 Å². The van der Waals surface area contributed by atoms with Crippen LogP contribution < -0.4 is 16.0 Å². The van der Waals surface area contributed by atoms with Gasteiger partial charge in [-0.2, -0.15) is 0 Å². The van der Waals surface area contributed by atoms with Crippen LogP contribution >= 0.6 is 0 Å². The minimum absolute atomic E-state index is 0.175. The maximum absolute atomic E-state index is 13.0. The summed E-state index contributed by atoms with van der Waals surface area (Å²) in [4.78, 5) is 37.7. The molecule has 0 spiro atoms. The van der Waals surface area contributed by atoms with Crippen LogP contribution in [0, 0.1) is 5.82 Å². The van der Waals surface area contributed by atoms with Crippen LogP contribution in [0.3, 0.4) is 0 Å². The molecule has 0 aliphatic carbocycles. The molecule has 1 atom stereocenters. The Morgan fingerprint density at radius 1 is 0.893 bits per heavy atom. The van der Waals surface area contributed by atoms with Crippen LogP contribution in [0.4, 0.5) is 26.2 Å². The lowest BCUT2D eigenvalue weighted by Crippen LogP contribution is -2.45. The number of amides is 4. The Hall–Kier alpha value is -3.42. The van der Waals surface area contributed by atoms with E-state index < -0.39 is 12.1 Å². The quantitative estimate of drug-likeness (QED) is 0.754. The lowest BCUT2D eigenvalue weighted by Gasteiger charge is -2.24. The Kier molecular flexibility index (Phi) is 5.88. The summed E-state index contributed by atoms with van der Waals surface area (Å²) >= 11 is 0. The van der Waals surface area contributed by atoms with E-state index in [1.165, 1.54) is 36.1 Å². The Bertz CT molecular complexity index is 868. The highest BCUT2D eigenvalue weighted by atomic mass is 19.1. The van der Waals surface area contributed by atoms with E-state index in [-0.39, 0.29) is 17.6 Å². The van der Waals surface area contributed by atoms with Gasteiger partial charge in [0.05, 0.1) is 0 Å². The lowest BCUT2D eigenvalue weighted by atomic mass is 10.2. The fraction of sp³-hybridized carbons (Fsp3) is 0.250. The van der Waals surface area contributed by atoms with Gasteiger partial charge in [-0.05, 0) is 61.4 Å². The third-order valence-corrected chi connectivity index (χ3v) is 4.38. The van der Waals surface area contributed by atoms with Crippen molar-refractivity contribution in [2.45, 2.75) is 25.8 Å². The Morgan fingerprint density at radius 2 is 1.43 bits per heavy atom. The number of hydrogen-bond donors (Lipinski definition) is 3. The van der Waals surface area contributed by atoms with Crippen LogP contribution in [0.15, 0.2) is 48.5 Å². The van der Waals surface area contributed by atoms with Crippen molar-refractivity contribution in [3.05, 3.63) is 54.3 Å². The molecule has 2 aromatic carbocycles. The molecule has 8 heteroatoms. The number of halogens is 1. The molecule has 1 fully saturated rings. The molecule has 1 heterocycles. The van der Waals surface area contributed by atoms with Crippen LogP contribution in [0.25, 0.3) is 0 Å². The highest BCUT2D eigenvalue weighted by molar-refractivity contribution is 5.99. The predicted molar refractivity (Wildman–Crippen MR) is 105 cm³/mol. The SMILES string of the molecule is CC(=O)Nc1ccc(NC(=O)[C@H]2CCCN2C(=O)Nc2ccc(F)cc2)cc1. The van der Waals surface area contributed by atoms with Gasteiger partial charge in [-0.3, -0.25) is 9.59 Å². The number of hydrogen-bond acceptors (Lipinski definition) is 3. The first-order valence-corrected chi connectivity index (χ1v) is 8.94. The highest BCUT2D eigenvalue weighted by Crippen LogP contribution is 2.21. The van der Waals surface area contributed by atoms with Crippen LogP contribution in [-0.4, -0.2) is 35.3 Å². The molecule has 146 valence electrons. The topological polar surface area (TPSA) is 90.5 Å². The van der Waals surface area contributed by atoms with Crippen molar-refractivity contribution < 1.29 is 18.8 Å². The predicted octanol–water partition coefficient (Wildman–Crippen LogP) is 3.42. The van der Waals surface area contributed by atoms with E-state index in [0.717, 1.165) is 6.42 Å². The molecule has 0 unspecified atom stereocenters. The zero-order valence-electron chi connectivity index (χ0n) is 15.4. The zero-order valence-corrected chi connectivity index (χ0v) is 15.4. The second kappa shape index (κ2) is 8.51. The summed E-state index contributed by atoms with van der Waals surface area (Å²) in [6, 6.07) is 11.2. The largest absolute Gasteiger partial charge is 0.326 e. The first-order chi connectivity index (χ1) is 13.4. The fourth-order valence-electron chi connectivity index (χ4n) is 3.08. The zero-order chi connectivity index (χ0) is 20.1. The molecular weight excluding hydrogens is 363 g/mol. The number of likely N-dealkylation sites (tertiary alicyclic amines) is 1. The molecule has 0 aromatic heterocycles. The van der Waals surface area contributed by atoms with E-state index in [9.17, 15) is 18.8 Å². The summed E-state index contributed by atoms with van der Waals surface area (Å²) in [7, 11) is 0. The second-order valence-corrected chi connectivity index (χ2v) is 6.54. The summed E-state index contributed by atoms with van der Waals surface area (Å²) < 4.78 is 13.0. The van der Waals surface area contributed by atoms with Gasteiger partial charge in [-0.15, -0.1) is 0 Å². The minimum Gasteiger partial charge on any atom is -0.326 e. The van der Waals surface area contributed by atoms with Crippen molar-refractivity contribution in [3.63, 3.8) is 0 Å². The summed E-state index contributed by atoms with van der Waals surface area (Å²) in [6.07, 6.45) is 1.28. The molecule has 7 nitrogen and oxygen atoms in total. The number of anilines is 3. The molecule has 3 rings (SSSR count). The minimum atomic E-state index is -0.588. The van der Waals surface area contributed by atoms with E-state index in [1.54, 1.807) is 24.3 Å². The number of urea groups is 1. The van der Waals surface area contributed by atoms with Crippen LogP contribution in [0.1, 0.15) is 19.8 Å². The van der Waals surface area contributed by atoms with Gasteiger partial charge < -0.3 is 20.9 Å². The Balaban J connectivity index is 1.61. The van der Waals surface area contributed by atoms with Gasteiger partial charge in [0.25, 0.3) is 0 Å². The molecule has 0 bridgehead atoms. The van der Waals surface area contributed by atoms with Gasteiger partial charge in [0, 0.05) is 30.5 Å². The maximum Gasteiger partial charge on any atom is 0.322 e. The average Bonchev–Trinajstić information content (AvgIpc) is 3.15. The third kappa shape index (κ3) is 4.85. The molecule has 1 aliphatic heterocycles. The highest BCUT2D eigenvalue weighted by Gasteiger charge is 2.34. The smallest absolute Gasteiger partial charge is 0.322 e. The van der Waals surface area contributed by atoms with Gasteiger partial charge >= 0.3 is 6.03 Å². The number of rotatable bonds is 4. The van der Waals surface area contributed by atoms with E-state index in [4.69, 9.17) is 0 Å². The maximum atomic E-state index is 13.0. The summed E-state index contributed by atoms with van der Waals surface area (Å²) in [5.41, 5.74) is 1.67. The molecule has 2 aromatic rings. The molecule has 0 radical (unpaired) electrons. The number of nitrogens with zero attached hydrogens (tertiary/aromatic N) is 1. The van der Waals surface area contributed by atoms with Crippen LogP contribution in [0.5, 0.6) is 0 Å². The first kappa shape index (κ1) is 19.3. The van der Waals surface area contributed by atoms with Gasteiger partial charge in [-0.1, -0.05) is 0 Å². The van der Waals surface area contributed by atoms with Crippen molar-refractivity contribution in [1.29, 1.82) is 0 Å². The standard InChI is InChI=1S/C20H21FN4O3/c1-13(26)22-15-8-10-16(11-9-15)23-19(27)18-3-2-12-25(18)20(28)24-17-6-4-14(21)5-7-17/h4-11,18H,2-3,12H2,1H3,(H,22,26)(H,23,27)(H,24,28)/t18-/m1/s1. The monoisotopic (exact) mass is 384 g/mol. The fourth-order valence-corrected chi connectivity index (χ4v) is 3.08. The summed E-state index contributed by atoms with van der Waals surface area (Å²) in [5.74, 6) is -0.842. The summed E-state index contributed by atoms with van der Waals surface area (Å²) in [5, 5.41) is 8.14. The van der Waals surface area contributed by atoms with E-state index in [1.807, 2.05) is 0 Å². The molecule has 28 heavy (non-hydrogen) atoms. The van der Waals surface area contributed by atoms with E-state index in [2.05, 4.69) is 16.0 Å². The van der Waals surface area contributed by atoms with Crippen molar-refractivity contribution in [2.75, 3.05) is 22.5 Å². The first-order valence-electron chi connectivity index (χ1n) is 8.94. The van der Waals surface area contributed by atoms with Crippen molar-refractivity contribution in [3.8, 4) is 0 Å². The third-order valence-electron chi connectivity index (χ3n) is 4.38. The molecular formula is C20H21FN4O3. The summed E-state index contributed by atoms with van der Waals surface area (Å²) in [6.45, 7) is 1.88. The molecule has 1 aliphatic rings. The average molecular weight is 384 g/mol. The number of benzene rings is 2.